The first-order valence-electron chi connectivity index (χ1n) is 4.27. The molecule has 0 heterocycles. The topological polar surface area (TPSA) is 46.2 Å². The van der Waals surface area contributed by atoms with Crippen LogP contribution in [-0.2, 0) is 10.0 Å². The van der Waals surface area contributed by atoms with Crippen molar-refractivity contribution in [3.05, 3.63) is 29.3 Å². The molecule has 1 radical (unpaired) electrons. The third-order valence-electron chi connectivity index (χ3n) is 1.99. The van der Waals surface area contributed by atoms with Gasteiger partial charge in [0.1, 0.15) is 0 Å². The van der Waals surface area contributed by atoms with Crippen LogP contribution in [0.1, 0.15) is 12.8 Å². The van der Waals surface area contributed by atoms with Crippen molar-refractivity contribution in [1.29, 1.82) is 0 Å². The maximum absolute atomic E-state index is 11.5. The van der Waals surface area contributed by atoms with Gasteiger partial charge in [-0.05, 0) is 25.0 Å². The summed E-state index contributed by atoms with van der Waals surface area (Å²) >= 11 is 5.68. The zero-order valence-electron chi connectivity index (χ0n) is 7.33. The maximum Gasteiger partial charge on any atom is 0.235 e. The van der Waals surface area contributed by atoms with E-state index in [1.54, 1.807) is 18.2 Å². The first kappa shape index (κ1) is 9.80. The van der Waals surface area contributed by atoms with Crippen molar-refractivity contribution in [2.75, 3.05) is 4.72 Å². The Balaban J connectivity index is 2.18. The second kappa shape index (κ2) is 3.44. The lowest BCUT2D eigenvalue weighted by Gasteiger charge is -2.06. The number of benzene rings is 1. The molecule has 0 atom stereocenters. The van der Waals surface area contributed by atoms with E-state index in [4.69, 9.17) is 11.6 Å². The Labute approximate surface area is 88.1 Å². The minimum Gasteiger partial charge on any atom is -0.283 e. The largest absolute Gasteiger partial charge is 0.283 e. The van der Waals surface area contributed by atoms with Crippen LogP contribution in [0.15, 0.2) is 18.2 Å². The third-order valence-corrected chi connectivity index (χ3v) is 4.08. The van der Waals surface area contributed by atoms with Crippen LogP contribution in [0.5, 0.6) is 0 Å². The summed E-state index contributed by atoms with van der Waals surface area (Å²) in [6.45, 7) is 0. The third kappa shape index (κ3) is 2.19. The number of hydrogen-bond acceptors (Lipinski definition) is 2. The predicted octanol–water partition coefficient (Wildman–Crippen LogP) is 2.04. The van der Waals surface area contributed by atoms with Crippen LogP contribution in [-0.4, -0.2) is 13.7 Å². The summed E-state index contributed by atoms with van der Waals surface area (Å²) in [5.74, 6) is 0. The molecule has 1 aliphatic rings. The molecule has 5 heteroatoms. The lowest BCUT2D eigenvalue weighted by Crippen LogP contribution is -2.17. The Morgan fingerprint density at radius 2 is 2.21 bits per heavy atom. The molecular formula is C9H9ClNO2S. The average molecular weight is 231 g/mol. The highest BCUT2D eigenvalue weighted by Gasteiger charge is 2.35. The molecule has 0 aliphatic heterocycles. The molecule has 1 aliphatic carbocycles. The number of hydrogen-bond donors (Lipinski definition) is 1. The summed E-state index contributed by atoms with van der Waals surface area (Å²) in [7, 11) is -3.18. The van der Waals surface area contributed by atoms with Crippen molar-refractivity contribution in [1.82, 2.24) is 0 Å². The Hall–Kier alpha value is -0.740. The van der Waals surface area contributed by atoms with Crippen LogP contribution in [0.25, 0.3) is 0 Å². The van der Waals surface area contributed by atoms with E-state index >= 15 is 0 Å². The molecule has 0 saturated heterocycles. The molecule has 75 valence electrons. The highest BCUT2D eigenvalue weighted by atomic mass is 35.5. The van der Waals surface area contributed by atoms with Gasteiger partial charge < -0.3 is 0 Å². The van der Waals surface area contributed by atoms with Crippen molar-refractivity contribution in [2.45, 2.75) is 18.1 Å². The Kier molecular flexibility index (Phi) is 2.41. The summed E-state index contributed by atoms with van der Waals surface area (Å²) in [5.41, 5.74) is 0.501. The van der Waals surface area contributed by atoms with Crippen molar-refractivity contribution in [2.24, 2.45) is 0 Å². The number of nitrogens with one attached hydrogen (secondary N) is 1. The minimum absolute atomic E-state index is 0.217. The highest BCUT2D eigenvalue weighted by molar-refractivity contribution is 7.93. The van der Waals surface area contributed by atoms with Gasteiger partial charge in [-0.1, -0.05) is 17.7 Å². The first-order chi connectivity index (χ1) is 6.58. The summed E-state index contributed by atoms with van der Waals surface area (Å²) in [6.07, 6.45) is 1.50. The van der Waals surface area contributed by atoms with E-state index in [1.807, 2.05) is 0 Å². The first-order valence-corrected chi connectivity index (χ1v) is 6.19. The van der Waals surface area contributed by atoms with E-state index in [0.29, 0.717) is 10.7 Å². The van der Waals surface area contributed by atoms with Crippen LogP contribution in [0.2, 0.25) is 5.02 Å². The molecule has 0 aromatic heterocycles. The second-order valence-corrected chi connectivity index (χ2v) is 5.64. The number of halogens is 1. The fraction of sp³-hybridized carbons (Fsp3) is 0.333. The lowest BCUT2D eigenvalue weighted by molar-refractivity contribution is 0.600. The zero-order valence-corrected chi connectivity index (χ0v) is 8.90. The average Bonchev–Trinajstić information content (AvgIpc) is 2.84. The summed E-state index contributed by atoms with van der Waals surface area (Å²) in [6, 6.07) is 7.50. The van der Waals surface area contributed by atoms with E-state index in [0.717, 1.165) is 12.8 Å². The van der Waals surface area contributed by atoms with Crippen molar-refractivity contribution in [3.63, 3.8) is 0 Å². The van der Waals surface area contributed by atoms with Crippen molar-refractivity contribution >= 4 is 27.3 Å². The van der Waals surface area contributed by atoms with Gasteiger partial charge in [0.15, 0.2) is 0 Å². The molecule has 1 aromatic carbocycles. The SMILES string of the molecule is O=S(=O)(Nc1cc[c]c(Cl)c1)C1CC1. The second-order valence-electron chi connectivity index (χ2n) is 3.27. The molecule has 0 amide bonds. The Morgan fingerprint density at radius 1 is 1.50 bits per heavy atom. The van der Waals surface area contributed by atoms with Gasteiger partial charge >= 0.3 is 0 Å². The normalized spacial score (nSPS) is 16.6. The van der Waals surface area contributed by atoms with Gasteiger partial charge in [-0.25, -0.2) is 8.42 Å². The predicted molar refractivity (Wildman–Crippen MR) is 55.9 cm³/mol. The molecule has 1 fully saturated rings. The number of anilines is 1. The quantitative estimate of drug-likeness (QED) is 0.864. The van der Waals surface area contributed by atoms with Crippen LogP contribution < -0.4 is 4.72 Å². The fourth-order valence-electron chi connectivity index (χ4n) is 1.13. The Morgan fingerprint density at radius 3 is 2.79 bits per heavy atom. The van der Waals surface area contributed by atoms with Crippen LogP contribution in [0.3, 0.4) is 0 Å². The molecule has 0 spiro atoms. The molecule has 2 rings (SSSR count). The molecule has 1 N–H and O–H groups in total. The lowest BCUT2D eigenvalue weighted by atomic mass is 10.3. The van der Waals surface area contributed by atoms with Gasteiger partial charge in [0.2, 0.25) is 10.0 Å². The molecule has 3 nitrogen and oxygen atoms in total. The maximum atomic E-state index is 11.5. The van der Waals surface area contributed by atoms with E-state index in [9.17, 15) is 8.42 Å². The molecule has 14 heavy (non-hydrogen) atoms. The molecule has 0 unspecified atom stereocenters. The zero-order chi connectivity index (χ0) is 10.2. The number of sulfonamides is 1. The van der Waals surface area contributed by atoms with Crippen molar-refractivity contribution in [3.8, 4) is 0 Å². The highest BCUT2D eigenvalue weighted by Crippen LogP contribution is 2.29. The van der Waals surface area contributed by atoms with E-state index in [2.05, 4.69) is 10.8 Å². The molecule has 1 saturated carbocycles. The van der Waals surface area contributed by atoms with E-state index in [-0.39, 0.29) is 5.25 Å². The molecule has 1 aromatic rings. The standard InChI is InChI=1S/C9H9ClNO2S/c10-7-2-1-3-8(6-7)11-14(12,13)9-4-5-9/h1,3,6,9,11H,4-5H2. The smallest absolute Gasteiger partial charge is 0.235 e. The Bertz CT molecular complexity index is 440. The summed E-state index contributed by atoms with van der Waals surface area (Å²) in [4.78, 5) is 0. The fourth-order valence-corrected chi connectivity index (χ4v) is 2.69. The van der Waals surface area contributed by atoms with E-state index < -0.39 is 10.0 Å². The van der Waals surface area contributed by atoms with Crippen LogP contribution in [0, 0.1) is 6.07 Å². The minimum atomic E-state index is -3.18. The molecule has 0 bridgehead atoms. The van der Waals surface area contributed by atoms with Gasteiger partial charge in [0.25, 0.3) is 0 Å². The van der Waals surface area contributed by atoms with Gasteiger partial charge in [-0.3, -0.25) is 4.72 Å². The summed E-state index contributed by atoms with van der Waals surface area (Å²) in [5, 5.41) is 0.187. The van der Waals surface area contributed by atoms with E-state index in [1.165, 1.54) is 0 Å². The van der Waals surface area contributed by atoms with Crippen molar-refractivity contribution < 1.29 is 8.42 Å². The van der Waals surface area contributed by atoms with Gasteiger partial charge in [-0.2, -0.15) is 0 Å². The summed E-state index contributed by atoms with van der Waals surface area (Å²) < 4.78 is 25.5. The van der Waals surface area contributed by atoms with Gasteiger partial charge in [0, 0.05) is 11.8 Å². The number of rotatable bonds is 3. The van der Waals surface area contributed by atoms with Gasteiger partial charge in [-0.15, -0.1) is 0 Å². The van der Waals surface area contributed by atoms with Gasteiger partial charge in [0.05, 0.1) is 10.3 Å². The van der Waals surface area contributed by atoms with Crippen LogP contribution >= 0.6 is 11.6 Å². The molecular weight excluding hydrogens is 222 g/mol. The monoisotopic (exact) mass is 230 g/mol. The van der Waals surface area contributed by atoms with Crippen LogP contribution in [0.4, 0.5) is 5.69 Å².